The van der Waals surface area contributed by atoms with Crippen LogP contribution >= 0.6 is 0 Å². The zero-order chi connectivity index (χ0) is 16.4. The van der Waals surface area contributed by atoms with Gasteiger partial charge in [-0.25, -0.2) is 13.1 Å². The third kappa shape index (κ3) is 4.34. The number of rotatable bonds is 5. The predicted octanol–water partition coefficient (Wildman–Crippen LogP) is 2.43. The number of hydrogen-bond acceptors (Lipinski definition) is 4. The van der Waals surface area contributed by atoms with Crippen molar-refractivity contribution in [3.8, 4) is 5.75 Å². The number of halogens is 3. The van der Waals surface area contributed by atoms with E-state index in [0.717, 1.165) is 18.6 Å². The van der Waals surface area contributed by atoms with Gasteiger partial charge in [0.05, 0.1) is 6.10 Å². The molecule has 1 aliphatic rings. The highest BCUT2D eigenvalue weighted by Gasteiger charge is 2.35. The highest BCUT2D eigenvalue weighted by molar-refractivity contribution is 7.89. The summed E-state index contributed by atoms with van der Waals surface area (Å²) in [5, 5.41) is 0. The van der Waals surface area contributed by atoms with Crippen LogP contribution in [-0.2, 0) is 14.8 Å². The van der Waals surface area contributed by atoms with Crippen LogP contribution in [0.4, 0.5) is 13.2 Å². The number of ether oxygens (including phenoxy) is 2. The number of nitrogens with one attached hydrogen (secondary N) is 1. The SMILES string of the molecule is C[C@@H](NS(=O)(=O)c1ccccc1OC(F)(F)F)[C@@H]1CCCO1. The highest BCUT2D eigenvalue weighted by atomic mass is 32.2. The van der Waals surface area contributed by atoms with E-state index >= 15 is 0 Å². The summed E-state index contributed by atoms with van der Waals surface area (Å²) >= 11 is 0. The first-order valence-corrected chi connectivity index (χ1v) is 8.16. The Hall–Kier alpha value is -1.32. The fourth-order valence-electron chi connectivity index (χ4n) is 2.26. The lowest BCUT2D eigenvalue weighted by atomic mass is 10.1. The fraction of sp³-hybridized carbons (Fsp3) is 0.538. The lowest BCUT2D eigenvalue weighted by Crippen LogP contribution is -2.41. The molecule has 0 unspecified atom stereocenters. The highest BCUT2D eigenvalue weighted by Crippen LogP contribution is 2.29. The lowest BCUT2D eigenvalue weighted by Gasteiger charge is -2.21. The van der Waals surface area contributed by atoms with E-state index in [2.05, 4.69) is 9.46 Å². The Labute approximate surface area is 126 Å². The summed E-state index contributed by atoms with van der Waals surface area (Å²) < 4.78 is 73.2. The number of para-hydroxylation sites is 1. The number of sulfonamides is 1. The first-order chi connectivity index (χ1) is 10.2. The number of alkyl halides is 3. The Morgan fingerprint density at radius 3 is 2.64 bits per heavy atom. The first-order valence-electron chi connectivity index (χ1n) is 6.68. The average molecular weight is 339 g/mol. The van der Waals surface area contributed by atoms with Crippen LogP contribution < -0.4 is 9.46 Å². The summed E-state index contributed by atoms with van der Waals surface area (Å²) in [4.78, 5) is -0.558. The van der Waals surface area contributed by atoms with Crippen molar-refractivity contribution in [1.82, 2.24) is 4.72 Å². The minimum Gasteiger partial charge on any atom is -0.404 e. The van der Waals surface area contributed by atoms with E-state index in [1.165, 1.54) is 12.1 Å². The normalized spacial score (nSPS) is 20.8. The number of hydrogen-bond donors (Lipinski definition) is 1. The second-order valence-corrected chi connectivity index (χ2v) is 6.64. The van der Waals surface area contributed by atoms with Crippen LogP contribution in [0.1, 0.15) is 19.8 Å². The van der Waals surface area contributed by atoms with Gasteiger partial charge in [0.2, 0.25) is 10.0 Å². The molecule has 0 saturated carbocycles. The molecular formula is C13H16F3NO4S. The summed E-state index contributed by atoms with van der Waals surface area (Å²) in [5.41, 5.74) is 0. The summed E-state index contributed by atoms with van der Waals surface area (Å²) in [6.45, 7) is 2.16. The van der Waals surface area contributed by atoms with Gasteiger partial charge >= 0.3 is 6.36 Å². The molecule has 0 aliphatic carbocycles. The van der Waals surface area contributed by atoms with Gasteiger partial charge in [-0.3, -0.25) is 0 Å². The van der Waals surface area contributed by atoms with Crippen molar-refractivity contribution < 1.29 is 31.1 Å². The van der Waals surface area contributed by atoms with Gasteiger partial charge < -0.3 is 9.47 Å². The zero-order valence-corrected chi connectivity index (χ0v) is 12.6. The Bertz CT molecular complexity index is 612. The molecule has 0 aromatic heterocycles. The van der Waals surface area contributed by atoms with Crippen LogP contribution in [0.25, 0.3) is 0 Å². The molecule has 0 amide bonds. The third-order valence-corrected chi connectivity index (χ3v) is 4.83. The quantitative estimate of drug-likeness (QED) is 0.895. The summed E-state index contributed by atoms with van der Waals surface area (Å²) in [7, 11) is -4.15. The third-order valence-electron chi connectivity index (χ3n) is 3.23. The van der Waals surface area contributed by atoms with Crippen molar-refractivity contribution in [3.05, 3.63) is 24.3 Å². The Kier molecular flexibility index (Phi) is 4.98. The molecule has 0 spiro atoms. The molecule has 1 fully saturated rings. The van der Waals surface area contributed by atoms with Gasteiger partial charge in [0.25, 0.3) is 0 Å². The molecule has 1 saturated heterocycles. The summed E-state index contributed by atoms with van der Waals surface area (Å²) in [6.07, 6.45) is -3.73. The van der Waals surface area contributed by atoms with E-state index in [9.17, 15) is 21.6 Å². The van der Waals surface area contributed by atoms with Gasteiger partial charge in [0.15, 0.2) is 0 Å². The van der Waals surface area contributed by atoms with Gasteiger partial charge in [-0.2, -0.15) is 0 Å². The van der Waals surface area contributed by atoms with E-state index in [1.54, 1.807) is 6.92 Å². The average Bonchev–Trinajstić information content (AvgIpc) is 2.90. The van der Waals surface area contributed by atoms with Gasteiger partial charge in [-0.1, -0.05) is 12.1 Å². The Morgan fingerprint density at radius 2 is 2.05 bits per heavy atom. The number of benzene rings is 1. The van der Waals surface area contributed by atoms with Crippen LogP contribution in [0.2, 0.25) is 0 Å². The smallest absolute Gasteiger partial charge is 0.404 e. The van der Waals surface area contributed by atoms with Gasteiger partial charge in [0.1, 0.15) is 10.6 Å². The molecule has 1 heterocycles. The van der Waals surface area contributed by atoms with Crippen LogP contribution in [0.3, 0.4) is 0 Å². The van der Waals surface area contributed by atoms with Crippen molar-refractivity contribution >= 4 is 10.0 Å². The van der Waals surface area contributed by atoms with Crippen molar-refractivity contribution in [2.24, 2.45) is 0 Å². The summed E-state index contributed by atoms with van der Waals surface area (Å²) in [5.74, 6) is -0.762. The van der Waals surface area contributed by atoms with Crippen molar-refractivity contribution in [2.75, 3.05) is 6.61 Å². The van der Waals surface area contributed by atoms with E-state index in [1.807, 2.05) is 0 Å². The van der Waals surface area contributed by atoms with Crippen LogP contribution in [-0.4, -0.2) is 33.5 Å². The Morgan fingerprint density at radius 1 is 1.36 bits per heavy atom. The summed E-state index contributed by atoms with van der Waals surface area (Å²) in [6, 6.07) is 4.06. The monoisotopic (exact) mass is 339 g/mol. The van der Waals surface area contributed by atoms with E-state index in [4.69, 9.17) is 4.74 Å². The van der Waals surface area contributed by atoms with Gasteiger partial charge in [0, 0.05) is 12.6 Å². The fourth-order valence-corrected chi connectivity index (χ4v) is 3.66. The van der Waals surface area contributed by atoms with Crippen molar-refractivity contribution in [3.63, 3.8) is 0 Å². The zero-order valence-electron chi connectivity index (χ0n) is 11.8. The van der Waals surface area contributed by atoms with Crippen molar-refractivity contribution in [2.45, 2.75) is 43.2 Å². The molecule has 1 aromatic rings. The van der Waals surface area contributed by atoms with E-state index < -0.39 is 33.1 Å². The first kappa shape index (κ1) is 17.0. The largest absolute Gasteiger partial charge is 0.573 e. The predicted molar refractivity (Wildman–Crippen MR) is 71.9 cm³/mol. The molecule has 22 heavy (non-hydrogen) atoms. The maximum atomic E-state index is 12.4. The molecule has 0 bridgehead atoms. The molecule has 9 heteroatoms. The maximum Gasteiger partial charge on any atom is 0.573 e. The minimum atomic E-state index is -4.97. The molecule has 2 atom stereocenters. The lowest BCUT2D eigenvalue weighted by molar-refractivity contribution is -0.275. The Balaban J connectivity index is 2.21. The molecule has 2 rings (SSSR count). The molecule has 0 radical (unpaired) electrons. The van der Waals surface area contributed by atoms with Crippen molar-refractivity contribution in [1.29, 1.82) is 0 Å². The molecular weight excluding hydrogens is 323 g/mol. The van der Waals surface area contributed by atoms with Gasteiger partial charge in [-0.05, 0) is 31.9 Å². The molecule has 1 N–H and O–H groups in total. The maximum absolute atomic E-state index is 12.4. The van der Waals surface area contributed by atoms with Crippen LogP contribution in [0, 0.1) is 0 Å². The molecule has 5 nitrogen and oxygen atoms in total. The standard InChI is InChI=1S/C13H16F3NO4S/c1-9(10-6-4-8-20-10)17-22(18,19)12-7-3-2-5-11(12)21-13(14,15)16/h2-3,5,7,9-10,17H,4,6,8H2,1H3/t9-,10+/m1/s1. The molecule has 1 aliphatic heterocycles. The second kappa shape index (κ2) is 6.43. The van der Waals surface area contributed by atoms with Gasteiger partial charge in [-0.15, -0.1) is 13.2 Å². The molecule has 124 valence electrons. The van der Waals surface area contributed by atoms with E-state index in [-0.39, 0.29) is 6.10 Å². The molecule has 1 aromatic carbocycles. The van der Waals surface area contributed by atoms with E-state index in [0.29, 0.717) is 13.0 Å². The second-order valence-electron chi connectivity index (χ2n) is 4.96. The minimum absolute atomic E-state index is 0.287. The topological polar surface area (TPSA) is 64.6 Å². The van der Waals surface area contributed by atoms with Crippen LogP contribution in [0.15, 0.2) is 29.2 Å². The van der Waals surface area contributed by atoms with Crippen LogP contribution in [0.5, 0.6) is 5.75 Å².